The summed E-state index contributed by atoms with van der Waals surface area (Å²) >= 11 is 5.99. The van der Waals surface area contributed by atoms with Gasteiger partial charge in [0.1, 0.15) is 12.4 Å². The van der Waals surface area contributed by atoms with E-state index in [0.717, 1.165) is 71.9 Å². The zero-order chi connectivity index (χ0) is 25.5. The molecule has 5 heterocycles. The fourth-order valence-electron chi connectivity index (χ4n) is 5.34. The van der Waals surface area contributed by atoms with Gasteiger partial charge in [-0.05, 0) is 48.7 Å². The molecule has 0 radical (unpaired) electrons. The van der Waals surface area contributed by atoms with Crippen LogP contribution in [-0.4, -0.2) is 46.6 Å². The van der Waals surface area contributed by atoms with E-state index in [1.165, 1.54) is 0 Å². The number of rotatable bonds is 6. The summed E-state index contributed by atoms with van der Waals surface area (Å²) in [6.45, 7) is 2.58. The van der Waals surface area contributed by atoms with E-state index < -0.39 is 0 Å². The van der Waals surface area contributed by atoms with Crippen LogP contribution >= 0.6 is 11.6 Å². The van der Waals surface area contributed by atoms with Crippen molar-refractivity contribution in [1.29, 1.82) is 0 Å². The summed E-state index contributed by atoms with van der Waals surface area (Å²) in [5, 5.41) is 0.598. The molecule has 0 aliphatic carbocycles. The van der Waals surface area contributed by atoms with Gasteiger partial charge in [-0.25, -0.2) is 4.98 Å². The lowest BCUT2D eigenvalue weighted by Crippen LogP contribution is -2.32. The molecule has 3 atom stereocenters. The maximum Gasteiger partial charge on any atom is 0.174 e. The van der Waals surface area contributed by atoms with Crippen molar-refractivity contribution in [1.82, 2.24) is 14.5 Å². The predicted molar refractivity (Wildman–Crippen MR) is 145 cm³/mol. The van der Waals surface area contributed by atoms with Gasteiger partial charge in [0.15, 0.2) is 17.6 Å². The maximum atomic E-state index is 6.37. The quantitative estimate of drug-likeness (QED) is 0.314. The highest BCUT2D eigenvalue weighted by Gasteiger charge is 2.29. The molecule has 1 fully saturated rings. The molecular formula is C30H28ClN3O4. The van der Waals surface area contributed by atoms with Gasteiger partial charge in [-0.3, -0.25) is 4.98 Å². The molecular weight excluding hydrogens is 502 g/mol. The van der Waals surface area contributed by atoms with E-state index in [1.807, 2.05) is 30.3 Å². The minimum atomic E-state index is -0.277. The Balaban J connectivity index is 1.07. The molecule has 0 spiro atoms. The number of hydrogen-bond acceptors (Lipinski definition) is 6. The van der Waals surface area contributed by atoms with E-state index >= 15 is 0 Å². The van der Waals surface area contributed by atoms with E-state index in [1.54, 1.807) is 6.20 Å². The van der Waals surface area contributed by atoms with Crippen molar-refractivity contribution in [2.75, 3.05) is 19.8 Å². The Hall–Kier alpha value is -3.39. The van der Waals surface area contributed by atoms with Crippen molar-refractivity contribution in [3.63, 3.8) is 0 Å². The summed E-state index contributed by atoms with van der Waals surface area (Å²) in [7, 11) is 0. The first-order valence-corrected chi connectivity index (χ1v) is 13.5. The minimum absolute atomic E-state index is 0.0636. The van der Waals surface area contributed by atoms with Gasteiger partial charge in [-0.1, -0.05) is 41.9 Å². The Bertz CT molecular complexity index is 1500. The van der Waals surface area contributed by atoms with Crippen LogP contribution in [0.3, 0.4) is 0 Å². The van der Waals surface area contributed by atoms with Crippen molar-refractivity contribution >= 4 is 28.2 Å². The predicted octanol–water partition coefficient (Wildman–Crippen LogP) is 5.80. The average Bonchev–Trinajstić information content (AvgIpc) is 3.27. The summed E-state index contributed by atoms with van der Waals surface area (Å²) in [6, 6.07) is 18.0. The molecule has 2 aromatic carbocycles. The molecule has 3 aliphatic rings. The van der Waals surface area contributed by atoms with Crippen LogP contribution in [-0.2, 0) is 22.4 Å². The zero-order valence-corrected chi connectivity index (χ0v) is 21.6. The van der Waals surface area contributed by atoms with Crippen molar-refractivity contribution in [2.45, 2.75) is 44.1 Å². The molecule has 194 valence electrons. The molecule has 8 heteroatoms. The van der Waals surface area contributed by atoms with Gasteiger partial charge in [0.25, 0.3) is 0 Å². The Morgan fingerprint density at radius 2 is 1.92 bits per heavy atom. The molecule has 2 unspecified atom stereocenters. The van der Waals surface area contributed by atoms with E-state index in [9.17, 15) is 0 Å². The molecule has 0 amide bonds. The Morgan fingerprint density at radius 3 is 2.71 bits per heavy atom. The van der Waals surface area contributed by atoms with Crippen LogP contribution in [0, 0.1) is 0 Å². The first kappa shape index (κ1) is 23.7. The second-order valence-corrected chi connectivity index (χ2v) is 10.4. The van der Waals surface area contributed by atoms with Gasteiger partial charge < -0.3 is 23.5 Å². The highest BCUT2D eigenvalue weighted by atomic mass is 35.5. The van der Waals surface area contributed by atoms with Crippen molar-refractivity contribution < 1.29 is 18.9 Å². The largest absolute Gasteiger partial charge is 0.485 e. The maximum absolute atomic E-state index is 6.37. The Kier molecular flexibility index (Phi) is 6.28. The molecule has 2 aromatic heterocycles. The number of imidazole rings is 1. The lowest BCUT2D eigenvalue weighted by molar-refractivity contribution is -0.0592. The third kappa shape index (κ3) is 4.55. The molecule has 38 heavy (non-hydrogen) atoms. The average molecular weight is 530 g/mol. The SMILES string of the molecule is Clc1ccc(C2COc3c(cccc3C3=CCC(Cc4nc5ccccc5n4C[C@@H]4CCO4)OC3)O2)nc1. The van der Waals surface area contributed by atoms with Crippen LogP contribution < -0.4 is 9.47 Å². The zero-order valence-electron chi connectivity index (χ0n) is 20.9. The molecule has 0 bridgehead atoms. The summed E-state index contributed by atoms with van der Waals surface area (Å²) in [5.41, 5.74) is 5.10. The first-order valence-electron chi connectivity index (χ1n) is 13.1. The van der Waals surface area contributed by atoms with Gasteiger partial charge in [-0.2, -0.15) is 0 Å². The summed E-state index contributed by atoms with van der Waals surface area (Å²) in [6.07, 6.45) is 6.61. The van der Waals surface area contributed by atoms with Crippen molar-refractivity contribution in [2.24, 2.45) is 0 Å². The smallest absolute Gasteiger partial charge is 0.174 e. The van der Waals surface area contributed by atoms with Gasteiger partial charge >= 0.3 is 0 Å². The summed E-state index contributed by atoms with van der Waals surface area (Å²) in [4.78, 5) is 9.34. The fraction of sp³-hybridized carbons (Fsp3) is 0.333. The highest BCUT2D eigenvalue weighted by molar-refractivity contribution is 6.30. The number of pyridine rings is 1. The lowest BCUT2D eigenvalue weighted by atomic mass is 9.99. The van der Waals surface area contributed by atoms with E-state index in [4.69, 9.17) is 35.5 Å². The second-order valence-electron chi connectivity index (χ2n) is 9.96. The normalized spacial score (nSPS) is 22.7. The summed E-state index contributed by atoms with van der Waals surface area (Å²) < 4.78 is 26.9. The van der Waals surface area contributed by atoms with Crippen LogP contribution in [0.25, 0.3) is 16.6 Å². The number of fused-ring (bicyclic) bond motifs is 2. The van der Waals surface area contributed by atoms with Gasteiger partial charge in [0.05, 0.1) is 47.1 Å². The number of halogens is 1. The number of benzene rings is 2. The number of hydrogen-bond donors (Lipinski definition) is 0. The van der Waals surface area contributed by atoms with Gasteiger partial charge in [0.2, 0.25) is 0 Å². The van der Waals surface area contributed by atoms with Crippen LogP contribution in [0.4, 0.5) is 0 Å². The standard InChI is InChI=1S/C30H28ClN3O4/c31-20-9-11-25(32-15-20)28-18-37-30-23(4-3-7-27(30)38-28)19-8-10-21(36-17-19)14-29-33-24-5-1-2-6-26(24)34(29)16-22-12-13-35-22/h1-9,11,15,21-22,28H,10,12-14,16-18H2/t21?,22-,28?/m0/s1. The second kappa shape index (κ2) is 10.1. The Morgan fingerprint density at radius 1 is 1.00 bits per heavy atom. The van der Waals surface area contributed by atoms with Crippen LogP contribution in [0.2, 0.25) is 5.02 Å². The van der Waals surface area contributed by atoms with E-state index in [2.05, 4.69) is 39.9 Å². The number of aromatic nitrogens is 3. The molecule has 4 aromatic rings. The van der Waals surface area contributed by atoms with E-state index in [-0.39, 0.29) is 18.3 Å². The number of para-hydroxylation sites is 3. The van der Waals surface area contributed by atoms with Crippen molar-refractivity contribution in [3.05, 3.63) is 89.0 Å². The third-order valence-corrected chi connectivity index (χ3v) is 7.70. The molecule has 7 nitrogen and oxygen atoms in total. The monoisotopic (exact) mass is 529 g/mol. The molecule has 7 rings (SSSR count). The topological polar surface area (TPSA) is 67.6 Å². The lowest BCUT2D eigenvalue weighted by Gasteiger charge is -2.30. The highest BCUT2D eigenvalue weighted by Crippen LogP contribution is 2.42. The van der Waals surface area contributed by atoms with Gasteiger partial charge in [0, 0.05) is 24.8 Å². The van der Waals surface area contributed by atoms with E-state index in [0.29, 0.717) is 24.0 Å². The molecule has 1 saturated heterocycles. The minimum Gasteiger partial charge on any atom is -0.485 e. The number of ether oxygens (including phenoxy) is 4. The van der Waals surface area contributed by atoms with Gasteiger partial charge in [-0.15, -0.1) is 0 Å². The third-order valence-electron chi connectivity index (χ3n) is 7.48. The van der Waals surface area contributed by atoms with Crippen LogP contribution in [0.5, 0.6) is 11.5 Å². The fourth-order valence-corrected chi connectivity index (χ4v) is 5.45. The molecule has 0 N–H and O–H groups in total. The summed E-state index contributed by atoms with van der Waals surface area (Å²) in [5.74, 6) is 2.53. The van der Waals surface area contributed by atoms with Crippen LogP contribution in [0.15, 0.2) is 66.9 Å². The Labute approximate surface area is 226 Å². The molecule has 0 saturated carbocycles. The number of nitrogens with zero attached hydrogens (tertiary/aromatic N) is 3. The molecule has 3 aliphatic heterocycles. The first-order chi connectivity index (χ1) is 18.7. The van der Waals surface area contributed by atoms with Crippen molar-refractivity contribution in [3.8, 4) is 11.5 Å². The van der Waals surface area contributed by atoms with Crippen LogP contribution in [0.1, 0.15) is 36.0 Å².